The van der Waals surface area contributed by atoms with E-state index in [-0.39, 0.29) is 5.54 Å². The number of piperidine rings is 1. The summed E-state index contributed by atoms with van der Waals surface area (Å²) in [5, 5.41) is 13.4. The average Bonchev–Trinajstić information content (AvgIpc) is 3.24. The molecule has 3 rings (SSSR count). The maximum Gasteiger partial charge on any atom is 0.109 e. The maximum atomic E-state index is 9.75. The van der Waals surface area contributed by atoms with Crippen LogP contribution in [0.15, 0.2) is 0 Å². The highest BCUT2D eigenvalue weighted by Gasteiger charge is 2.45. The van der Waals surface area contributed by atoms with Gasteiger partial charge in [-0.2, -0.15) is 5.26 Å². The first kappa shape index (κ1) is 15.3. The van der Waals surface area contributed by atoms with Gasteiger partial charge in [-0.1, -0.05) is 19.8 Å². The van der Waals surface area contributed by atoms with Gasteiger partial charge in [0, 0.05) is 12.6 Å². The van der Waals surface area contributed by atoms with Crippen molar-refractivity contribution in [1.82, 2.24) is 10.2 Å². The van der Waals surface area contributed by atoms with E-state index in [0.29, 0.717) is 12.0 Å². The van der Waals surface area contributed by atoms with Crippen molar-refractivity contribution < 1.29 is 0 Å². The molecule has 2 aliphatic carbocycles. The Balaban J connectivity index is 1.52. The van der Waals surface area contributed by atoms with Crippen LogP contribution >= 0.6 is 0 Å². The van der Waals surface area contributed by atoms with E-state index >= 15 is 0 Å². The van der Waals surface area contributed by atoms with Gasteiger partial charge in [0.2, 0.25) is 0 Å². The molecule has 0 bridgehead atoms. The third-order valence-electron chi connectivity index (χ3n) is 6.03. The summed E-state index contributed by atoms with van der Waals surface area (Å²) >= 11 is 0. The first-order chi connectivity index (χ1) is 10.3. The van der Waals surface area contributed by atoms with E-state index < -0.39 is 0 Å². The number of hydrogen-bond donors (Lipinski definition) is 1. The van der Waals surface area contributed by atoms with Gasteiger partial charge >= 0.3 is 0 Å². The maximum absolute atomic E-state index is 9.75. The average molecular weight is 289 g/mol. The topological polar surface area (TPSA) is 39.1 Å². The lowest BCUT2D eigenvalue weighted by Crippen LogP contribution is -2.49. The molecule has 21 heavy (non-hydrogen) atoms. The molecule has 3 aliphatic rings. The fraction of sp³-hybridized carbons (Fsp3) is 0.944. The lowest BCUT2D eigenvalue weighted by molar-refractivity contribution is 0.153. The smallest absolute Gasteiger partial charge is 0.109 e. The predicted molar refractivity (Wildman–Crippen MR) is 85.9 cm³/mol. The standard InChI is InChI=1S/C18H31N3/c1-2-15-5-4-11-21(13-15)12-9-16-6-3-10-18(16,14-19)20-17-7-8-17/h15-17,20H,2-13H2,1H3. The molecule has 3 unspecified atom stereocenters. The van der Waals surface area contributed by atoms with Gasteiger partial charge in [0.25, 0.3) is 0 Å². The largest absolute Gasteiger partial charge is 0.303 e. The normalized spacial score (nSPS) is 37.5. The Kier molecular flexibility index (Phi) is 4.86. The van der Waals surface area contributed by atoms with E-state index in [1.165, 1.54) is 71.0 Å². The number of likely N-dealkylation sites (tertiary alicyclic amines) is 1. The van der Waals surface area contributed by atoms with E-state index in [0.717, 1.165) is 12.3 Å². The Hall–Kier alpha value is -0.590. The first-order valence-electron chi connectivity index (χ1n) is 9.17. The van der Waals surface area contributed by atoms with Crippen LogP contribution < -0.4 is 5.32 Å². The fourth-order valence-corrected chi connectivity index (χ4v) is 4.46. The molecule has 0 aromatic carbocycles. The van der Waals surface area contributed by atoms with Crippen LogP contribution in [-0.2, 0) is 0 Å². The Labute approximate surface area is 130 Å². The van der Waals surface area contributed by atoms with Crippen LogP contribution in [0.4, 0.5) is 0 Å². The van der Waals surface area contributed by atoms with Crippen LogP contribution in [-0.4, -0.2) is 36.1 Å². The molecule has 3 fully saturated rings. The fourth-order valence-electron chi connectivity index (χ4n) is 4.46. The second-order valence-corrected chi connectivity index (χ2v) is 7.60. The first-order valence-corrected chi connectivity index (χ1v) is 9.17. The summed E-state index contributed by atoms with van der Waals surface area (Å²) < 4.78 is 0. The van der Waals surface area contributed by atoms with Crippen molar-refractivity contribution in [2.24, 2.45) is 11.8 Å². The van der Waals surface area contributed by atoms with Gasteiger partial charge in [-0.25, -0.2) is 0 Å². The minimum absolute atomic E-state index is 0.193. The van der Waals surface area contributed by atoms with Gasteiger partial charge in [-0.05, 0) is 69.9 Å². The van der Waals surface area contributed by atoms with Crippen molar-refractivity contribution in [3.63, 3.8) is 0 Å². The predicted octanol–water partition coefficient (Wildman–Crippen LogP) is 3.31. The zero-order valence-electron chi connectivity index (χ0n) is 13.6. The van der Waals surface area contributed by atoms with E-state index in [1.807, 2.05) is 0 Å². The zero-order chi connectivity index (χ0) is 14.7. The van der Waals surface area contributed by atoms with E-state index in [9.17, 15) is 5.26 Å². The van der Waals surface area contributed by atoms with Crippen molar-refractivity contribution in [3.8, 4) is 6.07 Å². The molecule has 1 N–H and O–H groups in total. The molecule has 1 heterocycles. The molecule has 2 saturated carbocycles. The van der Waals surface area contributed by atoms with E-state index in [4.69, 9.17) is 0 Å². The Morgan fingerprint density at radius 2 is 2.10 bits per heavy atom. The van der Waals surface area contributed by atoms with E-state index in [2.05, 4.69) is 23.2 Å². The van der Waals surface area contributed by atoms with Crippen LogP contribution in [0, 0.1) is 23.2 Å². The molecule has 1 saturated heterocycles. The number of nitrogens with zero attached hydrogens (tertiary/aromatic N) is 2. The number of nitrogens with one attached hydrogen (secondary N) is 1. The van der Waals surface area contributed by atoms with Crippen LogP contribution in [0.2, 0.25) is 0 Å². The van der Waals surface area contributed by atoms with Crippen LogP contribution in [0.5, 0.6) is 0 Å². The van der Waals surface area contributed by atoms with Gasteiger partial charge in [0.15, 0.2) is 0 Å². The third-order valence-corrected chi connectivity index (χ3v) is 6.03. The SMILES string of the molecule is CCC1CCCN(CCC2CCCC2(C#N)NC2CC2)C1. The summed E-state index contributed by atoms with van der Waals surface area (Å²) in [4.78, 5) is 2.66. The lowest BCUT2D eigenvalue weighted by atomic mass is 9.85. The van der Waals surface area contributed by atoms with Crippen molar-refractivity contribution in [2.75, 3.05) is 19.6 Å². The van der Waals surface area contributed by atoms with Crippen LogP contribution in [0.1, 0.15) is 64.7 Å². The molecule has 0 amide bonds. The van der Waals surface area contributed by atoms with Crippen LogP contribution in [0.25, 0.3) is 0 Å². The molecule has 0 aromatic rings. The molecule has 118 valence electrons. The second-order valence-electron chi connectivity index (χ2n) is 7.60. The molecule has 3 nitrogen and oxygen atoms in total. The Morgan fingerprint density at radius 1 is 1.24 bits per heavy atom. The Bertz CT molecular complexity index is 384. The molecule has 0 spiro atoms. The van der Waals surface area contributed by atoms with Crippen molar-refractivity contribution in [3.05, 3.63) is 0 Å². The number of hydrogen-bond acceptors (Lipinski definition) is 3. The second kappa shape index (κ2) is 6.67. The summed E-state index contributed by atoms with van der Waals surface area (Å²) in [6, 6.07) is 3.32. The molecular weight excluding hydrogens is 258 g/mol. The van der Waals surface area contributed by atoms with Crippen molar-refractivity contribution >= 4 is 0 Å². The van der Waals surface area contributed by atoms with Gasteiger partial charge < -0.3 is 4.90 Å². The number of rotatable bonds is 6. The molecule has 1 aliphatic heterocycles. The molecule has 0 radical (unpaired) electrons. The summed E-state index contributed by atoms with van der Waals surface area (Å²) in [5.74, 6) is 1.48. The molecule has 3 atom stereocenters. The summed E-state index contributed by atoms with van der Waals surface area (Å²) in [6.07, 6.45) is 11.4. The zero-order valence-corrected chi connectivity index (χ0v) is 13.6. The van der Waals surface area contributed by atoms with Crippen molar-refractivity contribution in [2.45, 2.75) is 76.3 Å². The van der Waals surface area contributed by atoms with Gasteiger partial charge in [-0.15, -0.1) is 0 Å². The highest BCUT2D eigenvalue weighted by molar-refractivity contribution is 5.16. The van der Waals surface area contributed by atoms with Gasteiger partial charge in [-0.3, -0.25) is 5.32 Å². The lowest BCUT2D eigenvalue weighted by Gasteiger charge is -2.35. The van der Waals surface area contributed by atoms with Gasteiger partial charge in [0.1, 0.15) is 5.54 Å². The highest BCUT2D eigenvalue weighted by atomic mass is 15.1. The molecular formula is C18H31N3. The van der Waals surface area contributed by atoms with Crippen LogP contribution in [0.3, 0.4) is 0 Å². The summed E-state index contributed by atoms with van der Waals surface area (Å²) in [7, 11) is 0. The van der Waals surface area contributed by atoms with E-state index in [1.54, 1.807) is 0 Å². The van der Waals surface area contributed by atoms with Gasteiger partial charge in [0.05, 0.1) is 6.07 Å². The minimum atomic E-state index is -0.193. The van der Waals surface area contributed by atoms with Crippen molar-refractivity contribution in [1.29, 1.82) is 5.26 Å². The summed E-state index contributed by atoms with van der Waals surface area (Å²) in [6.45, 7) is 6.10. The highest BCUT2D eigenvalue weighted by Crippen LogP contribution is 2.40. The minimum Gasteiger partial charge on any atom is -0.303 e. The molecule has 3 heteroatoms. The number of nitriles is 1. The monoisotopic (exact) mass is 289 g/mol. The Morgan fingerprint density at radius 3 is 2.81 bits per heavy atom. The quantitative estimate of drug-likeness (QED) is 0.815. The third kappa shape index (κ3) is 3.60. The molecule has 0 aromatic heterocycles. The summed E-state index contributed by atoms with van der Waals surface area (Å²) in [5.41, 5.74) is -0.193.